The smallest absolute Gasteiger partial charge is 0.433 e. The fraction of sp³-hybridized carbons (Fsp3) is 0.263. The van der Waals surface area contributed by atoms with Crippen LogP contribution < -0.4 is 4.74 Å². The van der Waals surface area contributed by atoms with Gasteiger partial charge in [0.1, 0.15) is 21.3 Å². The molecule has 0 saturated heterocycles. The normalized spacial score (nSPS) is 12.2. The van der Waals surface area contributed by atoms with Gasteiger partial charge in [-0.25, -0.2) is 8.42 Å². The Hall–Kier alpha value is -2.86. The number of benzene rings is 1. The monoisotopic (exact) mass is 474 g/mol. The summed E-state index contributed by atoms with van der Waals surface area (Å²) in [5, 5.41) is 12.9. The number of carboxylic acids is 1. The molecule has 0 aliphatic heterocycles. The first-order chi connectivity index (χ1) is 14.4. The molecule has 7 nitrogen and oxygen atoms in total. The van der Waals surface area contributed by atoms with Gasteiger partial charge in [0.25, 0.3) is 0 Å². The number of carbonyl (C=O) groups is 1. The second-order valence-electron chi connectivity index (χ2n) is 6.47. The fourth-order valence-corrected chi connectivity index (χ4v) is 5.63. The highest BCUT2D eigenvalue weighted by molar-refractivity contribution is 7.93. The minimum atomic E-state index is -4.59. The van der Waals surface area contributed by atoms with E-state index >= 15 is 0 Å². The number of hydrogen-bond acceptors (Lipinski definition) is 6. The van der Waals surface area contributed by atoms with Crippen molar-refractivity contribution in [2.24, 2.45) is 7.05 Å². The second-order valence-corrected chi connectivity index (χ2v) is 9.73. The lowest BCUT2D eigenvalue weighted by Crippen LogP contribution is -2.11. The van der Waals surface area contributed by atoms with Gasteiger partial charge in [0.2, 0.25) is 9.84 Å². The molecule has 0 aliphatic carbocycles. The summed E-state index contributed by atoms with van der Waals surface area (Å²) in [6.45, 7) is 1.95. The van der Waals surface area contributed by atoms with E-state index in [2.05, 4.69) is 5.10 Å². The van der Waals surface area contributed by atoms with Crippen LogP contribution in [0.5, 0.6) is 5.75 Å². The van der Waals surface area contributed by atoms with Gasteiger partial charge in [-0.15, -0.1) is 11.3 Å². The van der Waals surface area contributed by atoms with E-state index in [1.807, 2.05) is 0 Å². The number of rotatable bonds is 7. The molecule has 0 bridgehead atoms. The summed E-state index contributed by atoms with van der Waals surface area (Å²) < 4.78 is 71.2. The minimum Gasteiger partial charge on any atom is -0.494 e. The molecule has 3 rings (SSSR count). The Morgan fingerprint density at radius 3 is 2.52 bits per heavy atom. The van der Waals surface area contributed by atoms with E-state index in [1.165, 1.54) is 30.3 Å². The summed E-state index contributed by atoms with van der Waals surface area (Å²) in [5.41, 5.74) is -0.715. The predicted molar refractivity (Wildman–Crippen MR) is 106 cm³/mol. The minimum absolute atomic E-state index is 0.00379. The lowest BCUT2D eigenvalue weighted by atomic mass is 10.1. The highest BCUT2D eigenvalue weighted by atomic mass is 32.2. The second kappa shape index (κ2) is 8.35. The van der Waals surface area contributed by atoms with Crippen molar-refractivity contribution in [1.82, 2.24) is 9.78 Å². The van der Waals surface area contributed by atoms with Gasteiger partial charge in [0, 0.05) is 7.05 Å². The molecule has 0 radical (unpaired) electrons. The van der Waals surface area contributed by atoms with Crippen LogP contribution in [0.2, 0.25) is 0 Å². The Morgan fingerprint density at radius 1 is 1.23 bits per heavy atom. The zero-order valence-corrected chi connectivity index (χ0v) is 17.9. The topological polar surface area (TPSA) is 98.5 Å². The van der Waals surface area contributed by atoms with Crippen molar-refractivity contribution >= 4 is 27.1 Å². The standard InChI is InChI=1S/C19H17F3N2O5S2/c1-3-29-12-6-11(8-17(25)26)7-13(9-12)31(27,28)18-5-4-15(30-18)14-10-16(19(20,21)22)24(2)23-14/h4-7,9-10H,3,8H2,1-2H3,(H,25,26). The van der Waals surface area contributed by atoms with Crippen LogP contribution >= 0.6 is 11.3 Å². The van der Waals surface area contributed by atoms with Crippen LogP contribution in [0.1, 0.15) is 18.2 Å². The van der Waals surface area contributed by atoms with Gasteiger partial charge in [0.05, 0.1) is 22.8 Å². The molecular formula is C19H17F3N2O5S2. The first kappa shape index (κ1) is 22.8. The molecule has 0 unspecified atom stereocenters. The third-order valence-electron chi connectivity index (χ3n) is 4.19. The van der Waals surface area contributed by atoms with Gasteiger partial charge >= 0.3 is 12.1 Å². The van der Waals surface area contributed by atoms with Crippen molar-refractivity contribution in [1.29, 1.82) is 0 Å². The van der Waals surface area contributed by atoms with Crippen LogP contribution in [0.25, 0.3) is 10.6 Å². The number of nitrogens with zero attached hydrogens (tertiary/aromatic N) is 2. The number of aromatic nitrogens is 2. The third kappa shape index (κ3) is 4.90. The summed E-state index contributed by atoms with van der Waals surface area (Å²) >= 11 is 0.771. The van der Waals surface area contributed by atoms with Crippen molar-refractivity contribution in [3.8, 4) is 16.3 Å². The first-order valence-corrected chi connectivity index (χ1v) is 11.2. The van der Waals surface area contributed by atoms with Gasteiger partial charge in [-0.2, -0.15) is 18.3 Å². The average Bonchev–Trinajstić information content (AvgIpc) is 3.28. The number of alkyl halides is 3. The van der Waals surface area contributed by atoms with E-state index in [1.54, 1.807) is 6.92 Å². The van der Waals surface area contributed by atoms with E-state index < -0.39 is 34.1 Å². The molecule has 166 valence electrons. The molecule has 0 fully saturated rings. The van der Waals surface area contributed by atoms with E-state index in [4.69, 9.17) is 9.84 Å². The number of ether oxygens (including phenoxy) is 1. The molecule has 0 saturated carbocycles. The predicted octanol–water partition coefficient (Wildman–Crippen LogP) is 4.03. The van der Waals surface area contributed by atoms with Crippen LogP contribution in [-0.4, -0.2) is 35.9 Å². The van der Waals surface area contributed by atoms with Crippen molar-refractivity contribution in [2.45, 2.75) is 28.6 Å². The van der Waals surface area contributed by atoms with E-state index in [9.17, 15) is 26.4 Å². The van der Waals surface area contributed by atoms with E-state index in [-0.39, 0.29) is 37.6 Å². The number of carboxylic acid groups (broad SMARTS) is 1. The van der Waals surface area contributed by atoms with Crippen molar-refractivity contribution in [2.75, 3.05) is 6.61 Å². The molecular weight excluding hydrogens is 457 g/mol. The molecule has 0 amide bonds. The quantitative estimate of drug-likeness (QED) is 0.555. The number of sulfone groups is 1. The molecule has 1 N–H and O–H groups in total. The maximum atomic E-state index is 13.1. The Morgan fingerprint density at radius 2 is 1.94 bits per heavy atom. The summed E-state index contributed by atoms with van der Waals surface area (Å²) in [6.07, 6.45) is -4.99. The molecule has 3 aromatic rings. The van der Waals surface area contributed by atoms with Crippen LogP contribution in [0.3, 0.4) is 0 Å². The molecule has 1 aromatic carbocycles. The fourth-order valence-electron chi connectivity index (χ4n) is 2.88. The molecule has 12 heteroatoms. The summed E-state index contributed by atoms with van der Waals surface area (Å²) in [6, 6.07) is 7.48. The Bertz CT molecular complexity index is 1230. The van der Waals surface area contributed by atoms with Gasteiger partial charge in [-0.1, -0.05) is 0 Å². The molecule has 0 atom stereocenters. The van der Waals surface area contributed by atoms with E-state index in [0.717, 1.165) is 24.5 Å². The van der Waals surface area contributed by atoms with Crippen LogP contribution in [0, 0.1) is 0 Å². The Labute approximate surface area is 179 Å². The highest BCUT2D eigenvalue weighted by Gasteiger charge is 2.35. The molecule has 0 aliphatic rings. The van der Waals surface area contributed by atoms with Crippen LogP contribution in [-0.2, 0) is 34.3 Å². The van der Waals surface area contributed by atoms with Gasteiger partial charge in [-0.3, -0.25) is 9.48 Å². The zero-order valence-electron chi connectivity index (χ0n) is 16.3. The largest absolute Gasteiger partial charge is 0.494 e. The summed E-state index contributed by atoms with van der Waals surface area (Å²) in [7, 11) is -2.91. The third-order valence-corrected chi connectivity index (χ3v) is 7.52. The molecule has 0 spiro atoms. The van der Waals surface area contributed by atoms with E-state index in [0.29, 0.717) is 4.68 Å². The Kier molecular flexibility index (Phi) is 6.14. The lowest BCUT2D eigenvalue weighted by molar-refractivity contribution is -0.143. The van der Waals surface area contributed by atoms with Crippen molar-refractivity contribution in [3.63, 3.8) is 0 Å². The molecule has 2 aromatic heterocycles. The first-order valence-electron chi connectivity index (χ1n) is 8.87. The van der Waals surface area contributed by atoms with Gasteiger partial charge in [-0.05, 0) is 48.9 Å². The SMILES string of the molecule is CCOc1cc(CC(=O)O)cc(S(=O)(=O)c2ccc(-c3cc(C(F)(F)F)n(C)n3)s2)c1. The molecule has 31 heavy (non-hydrogen) atoms. The number of aliphatic carboxylic acids is 1. The maximum absolute atomic E-state index is 13.1. The van der Waals surface area contributed by atoms with Crippen LogP contribution in [0.15, 0.2) is 45.5 Å². The number of thiophene rings is 1. The van der Waals surface area contributed by atoms with Gasteiger partial charge < -0.3 is 9.84 Å². The van der Waals surface area contributed by atoms with Crippen molar-refractivity contribution < 1.29 is 36.2 Å². The zero-order chi connectivity index (χ0) is 23.0. The number of aryl methyl sites for hydroxylation is 1. The number of hydrogen-bond donors (Lipinski definition) is 1. The number of halogens is 3. The summed E-state index contributed by atoms with van der Waals surface area (Å²) in [4.78, 5) is 11.1. The Balaban J connectivity index is 2.02. The highest BCUT2D eigenvalue weighted by Crippen LogP contribution is 2.37. The maximum Gasteiger partial charge on any atom is 0.433 e. The summed E-state index contributed by atoms with van der Waals surface area (Å²) in [5.74, 6) is -0.929. The van der Waals surface area contributed by atoms with Gasteiger partial charge in [0.15, 0.2) is 0 Å². The van der Waals surface area contributed by atoms with Crippen LogP contribution in [0.4, 0.5) is 13.2 Å². The average molecular weight is 474 g/mol. The lowest BCUT2D eigenvalue weighted by Gasteiger charge is -2.09. The molecule has 2 heterocycles. The van der Waals surface area contributed by atoms with Crippen molar-refractivity contribution in [3.05, 3.63) is 47.7 Å².